The fourth-order valence-electron chi connectivity index (χ4n) is 5.09. The molecule has 0 atom stereocenters. The van der Waals surface area contributed by atoms with Crippen LogP contribution >= 0.6 is 0 Å². The summed E-state index contributed by atoms with van der Waals surface area (Å²) in [6, 6.07) is 23.1. The van der Waals surface area contributed by atoms with Gasteiger partial charge in [0.05, 0.1) is 23.1 Å². The Morgan fingerprint density at radius 1 is 0.766 bits per heavy atom. The van der Waals surface area contributed by atoms with Gasteiger partial charge in [0.1, 0.15) is 16.7 Å². The molecule has 4 aromatic carbocycles. The second-order valence-corrected chi connectivity index (χ2v) is 10.6. The maximum absolute atomic E-state index is 13.2. The molecule has 47 heavy (non-hydrogen) atoms. The smallest absolute Gasteiger partial charge is 0.305 e. The maximum Gasteiger partial charge on any atom is 0.305 e. The second-order valence-electron chi connectivity index (χ2n) is 10.6. The van der Waals surface area contributed by atoms with E-state index in [0.717, 1.165) is 56.9 Å². The molecule has 1 fully saturated rings. The summed E-state index contributed by atoms with van der Waals surface area (Å²) in [4.78, 5) is 32.0. The lowest BCUT2D eigenvalue weighted by molar-refractivity contribution is -0.387. The Hall–Kier alpha value is -5.73. The summed E-state index contributed by atoms with van der Waals surface area (Å²) in [7, 11) is 0. The van der Waals surface area contributed by atoms with Crippen molar-refractivity contribution in [3.05, 3.63) is 111 Å². The molecular formula is C33H29FN6O7. The van der Waals surface area contributed by atoms with Crippen LogP contribution in [0, 0.1) is 26.0 Å². The molecule has 0 amide bonds. The number of nitrogens with one attached hydrogen (secondary N) is 1. The molecule has 2 aromatic heterocycles. The van der Waals surface area contributed by atoms with Gasteiger partial charge >= 0.3 is 5.69 Å². The SMILES string of the molecule is O=[N+]([O-])c1cc(-c2nc3ccccc3o2)ccc1F.O=[N+]([O-])c1cc(-c2nc3ccccc3o2)ccc1NCCCN1CCOCC1. The quantitative estimate of drug-likeness (QED) is 0.0976. The van der Waals surface area contributed by atoms with E-state index < -0.39 is 16.4 Å². The minimum atomic E-state index is -0.884. The molecule has 13 nitrogen and oxygen atoms in total. The van der Waals surface area contributed by atoms with Gasteiger partial charge in [0.2, 0.25) is 17.6 Å². The molecule has 0 spiro atoms. The van der Waals surface area contributed by atoms with Gasteiger partial charge in [-0.25, -0.2) is 9.97 Å². The van der Waals surface area contributed by atoms with Crippen molar-refractivity contribution in [3.8, 4) is 22.9 Å². The molecule has 0 saturated carbocycles. The van der Waals surface area contributed by atoms with Crippen molar-refractivity contribution in [3.63, 3.8) is 0 Å². The molecule has 0 aliphatic carbocycles. The number of morpholine rings is 1. The number of nitro benzene ring substituents is 2. The first-order valence-corrected chi connectivity index (χ1v) is 14.8. The average molecular weight is 641 g/mol. The van der Waals surface area contributed by atoms with Gasteiger partial charge in [0, 0.05) is 42.9 Å². The fraction of sp³-hybridized carbons (Fsp3) is 0.212. The first kappa shape index (κ1) is 31.3. The molecule has 3 heterocycles. The predicted molar refractivity (Wildman–Crippen MR) is 173 cm³/mol. The first-order valence-electron chi connectivity index (χ1n) is 14.8. The third-order valence-electron chi connectivity index (χ3n) is 7.49. The minimum absolute atomic E-state index is 0.0196. The lowest BCUT2D eigenvalue weighted by Gasteiger charge is -2.26. The number of hydrogen-bond donors (Lipinski definition) is 1. The highest BCUT2D eigenvalue weighted by Gasteiger charge is 2.19. The maximum atomic E-state index is 13.2. The zero-order valence-corrected chi connectivity index (χ0v) is 25.0. The lowest BCUT2D eigenvalue weighted by atomic mass is 10.1. The van der Waals surface area contributed by atoms with Crippen LogP contribution in [0.4, 0.5) is 21.5 Å². The Morgan fingerprint density at radius 3 is 1.89 bits per heavy atom. The fourth-order valence-corrected chi connectivity index (χ4v) is 5.09. The number of halogens is 1. The highest BCUT2D eigenvalue weighted by atomic mass is 19.1. The number of oxazole rings is 2. The molecule has 1 aliphatic rings. The van der Waals surface area contributed by atoms with E-state index in [-0.39, 0.29) is 16.5 Å². The highest BCUT2D eigenvalue weighted by molar-refractivity contribution is 5.78. The van der Waals surface area contributed by atoms with Gasteiger partial charge in [-0.15, -0.1) is 0 Å². The van der Waals surface area contributed by atoms with E-state index in [9.17, 15) is 24.6 Å². The Kier molecular flexibility index (Phi) is 9.41. The third-order valence-corrected chi connectivity index (χ3v) is 7.49. The van der Waals surface area contributed by atoms with Crippen molar-refractivity contribution in [2.45, 2.75) is 6.42 Å². The summed E-state index contributed by atoms with van der Waals surface area (Å²) in [5, 5.41) is 25.4. The third kappa shape index (κ3) is 7.40. The Balaban J connectivity index is 0.000000177. The number of para-hydroxylation sites is 4. The van der Waals surface area contributed by atoms with E-state index in [4.69, 9.17) is 13.6 Å². The number of aromatic nitrogens is 2. The largest absolute Gasteiger partial charge is 0.436 e. The molecule has 1 aliphatic heterocycles. The van der Waals surface area contributed by atoms with Crippen molar-refractivity contribution in [1.29, 1.82) is 0 Å². The minimum Gasteiger partial charge on any atom is -0.436 e. The topological polar surface area (TPSA) is 163 Å². The molecule has 1 N–H and O–H groups in total. The highest BCUT2D eigenvalue weighted by Crippen LogP contribution is 2.32. The van der Waals surface area contributed by atoms with Crippen LogP contribution < -0.4 is 5.32 Å². The van der Waals surface area contributed by atoms with E-state index in [2.05, 4.69) is 20.2 Å². The number of anilines is 1. The van der Waals surface area contributed by atoms with E-state index in [1.165, 1.54) is 12.1 Å². The molecule has 0 radical (unpaired) electrons. The number of fused-ring (bicyclic) bond motifs is 2. The number of nitro groups is 2. The van der Waals surface area contributed by atoms with Crippen LogP contribution in [0.25, 0.3) is 45.1 Å². The first-order chi connectivity index (χ1) is 22.9. The van der Waals surface area contributed by atoms with Crippen LogP contribution in [0.2, 0.25) is 0 Å². The van der Waals surface area contributed by atoms with Crippen LogP contribution in [0.5, 0.6) is 0 Å². The van der Waals surface area contributed by atoms with Crippen LogP contribution in [0.1, 0.15) is 6.42 Å². The monoisotopic (exact) mass is 640 g/mol. The molecule has 1 saturated heterocycles. The molecule has 240 valence electrons. The van der Waals surface area contributed by atoms with Crippen LogP contribution in [0.3, 0.4) is 0 Å². The van der Waals surface area contributed by atoms with Gasteiger partial charge in [-0.05, 0) is 61.5 Å². The molecule has 0 unspecified atom stereocenters. The summed E-state index contributed by atoms with van der Waals surface area (Å²) in [5.41, 5.74) is 3.48. The molecule has 14 heteroatoms. The van der Waals surface area contributed by atoms with E-state index >= 15 is 0 Å². The van der Waals surface area contributed by atoms with Crippen molar-refractivity contribution < 1.29 is 27.8 Å². The van der Waals surface area contributed by atoms with Gasteiger partial charge in [0.15, 0.2) is 11.2 Å². The molecule has 6 aromatic rings. The van der Waals surface area contributed by atoms with Crippen molar-refractivity contribution in [1.82, 2.24) is 14.9 Å². The van der Waals surface area contributed by atoms with Gasteiger partial charge in [-0.3, -0.25) is 25.1 Å². The summed E-state index contributed by atoms with van der Waals surface area (Å²) in [6.45, 7) is 5.05. The van der Waals surface area contributed by atoms with Crippen molar-refractivity contribution in [2.24, 2.45) is 0 Å². The van der Waals surface area contributed by atoms with E-state index in [1.54, 1.807) is 30.3 Å². The molecule has 7 rings (SSSR count). The number of nitrogens with zero attached hydrogens (tertiary/aromatic N) is 5. The molecule has 0 bridgehead atoms. The summed E-state index contributed by atoms with van der Waals surface area (Å²) in [6.07, 6.45) is 0.907. The Labute approximate surface area is 266 Å². The van der Waals surface area contributed by atoms with Gasteiger partial charge < -0.3 is 18.9 Å². The summed E-state index contributed by atoms with van der Waals surface area (Å²) >= 11 is 0. The van der Waals surface area contributed by atoms with E-state index in [0.29, 0.717) is 45.9 Å². The zero-order valence-electron chi connectivity index (χ0n) is 25.0. The second kappa shape index (κ2) is 14.1. The van der Waals surface area contributed by atoms with Crippen molar-refractivity contribution >= 4 is 39.3 Å². The predicted octanol–water partition coefficient (Wildman–Crippen LogP) is 7.08. The van der Waals surface area contributed by atoms with Gasteiger partial charge in [-0.2, -0.15) is 4.39 Å². The summed E-state index contributed by atoms with van der Waals surface area (Å²) < 4.78 is 29.8. The average Bonchev–Trinajstić information content (AvgIpc) is 3.72. The lowest BCUT2D eigenvalue weighted by Crippen LogP contribution is -2.37. The zero-order chi connectivity index (χ0) is 32.8. The standard InChI is InChI=1S/C20H22N4O4.C13H7FN2O3/c25-24(26)18-14-15(20-22-17-4-1-2-5-19(17)28-20)6-7-16(18)21-8-3-9-23-10-12-27-13-11-23;14-9-6-5-8(7-11(9)16(17)18)13-15-10-3-1-2-4-12(10)19-13/h1-2,4-7,14,21H,3,8-13H2;1-7H. The normalized spacial score (nSPS) is 13.3. The summed E-state index contributed by atoms with van der Waals surface area (Å²) in [5.74, 6) is -0.280. The van der Waals surface area contributed by atoms with Crippen LogP contribution in [0.15, 0.2) is 93.8 Å². The van der Waals surface area contributed by atoms with Gasteiger partial charge in [-0.1, -0.05) is 24.3 Å². The Morgan fingerprint density at radius 2 is 1.32 bits per heavy atom. The number of rotatable bonds is 9. The van der Waals surface area contributed by atoms with E-state index in [1.807, 2.05) is 30.3 Å². The Bertz CT molecular complexity index is 1970. The van der Waals surface area contributed by atoms with Gasteiger partial charge in [0.25, 0.3) is 5.69 Å². The molecular weight excluding hydrogens is 611 g/mol. The van der Waals surface area contributed by atoms with Crippen LogP contribution in [-0.4, -0.2) is 64.1 Å². The number of benzene rings is 4. The number of hydrogen-bond acceptors (Lipinski definition) is 11. The van der Waals surface area contributed by atoms with Crippen LogP contribution in [-0.2, 0) is 4.74 Å². The van der Waals surface area contributed by atoms with Crippen molar-refractivity contribution in [2.75, 3.05) is 44.7 Å². The number of ether oxygens (including phenoxy) is 1.